The summed E-state index contributed by atoms with van der Waals surface area (Å²) < 4.78 is 0. The van der Waals surface area contributed by atoms with Gasteiger partial charge in [-0.25, -0.2) is 4.98 Å². The molecule has 0 bridgehead atoms. The van der Waals surface area contributed by atoms with Crippen LogP contribution in [0.25, 0.3) is 0 Å². The molecule has 1 unspecified atom stereocenters. The van der Waals surface area contributed by atoms with Gasteiger partial charge in [-0.3, -0.25) is 4.79 Å². The van der Waals surface area contributed by atoms with Gasteiger partial charge < -0.3 is 21.3 Å². The van der Waals surface area contributed by atoms with E-state index in [2.05, 4.69) is 28.8 Å². The first kappa shape index (κ1) is 12.6. The molecule has 2 rings (SSSR count). The third-order valence-corrected chi connectivity index (χ3v) is 3.41. The van der Waals surface area contributed by atoms with Crippen molar-refractivity contribution >= 4 is 17.4 Å². The maximum Gasteiger partial charge on any atom is 0.252 e. The third-order valence-electron chi connectivity index (χ3n) is 3.41. The minimum Gasteiger partial charge on any atom is -0.397 e. The van der Waals surface area contributed by atoms with E-state index in [1.54, 1.807) is 12.3 Å². The molecule has 2 heterocycles. The van der Waals surface area contributed by atoms with Crippen LogP contribution in [0.3, 0.4) is 0 Å². The van der Waals surface area contributed by atoms with Crippen molar-refractivity contribution in [3.63, 3.8) is 0 Å². The molecule has 1 aliphatic heterocycles. The minimum atomic E-state index is -0.489. The summed E-state index contributed by atoms with van der Waals surface area (Å²) in [6, 6.07) is 2.01. The van der Waals surface area contributed by atoms with E-state index in [1.165, 1.54) is 0 Å². The van der Waals surface area contributed by atoms with Gasteiger partial charge in [0, 0.05) is 25.7 Å². The molecule has 0 aromatic carbocycles. The van der Waals surface area contributed by atoms with E-state index >= 15 is 0 Å². The molecule has 1 saturated heterocycles. The summed E-state index contributed by atoms with van der Waals surface area (Å²) in [7, 11) is 2.09. The van der Waals surface area contributed by atoms with Crippen molar-refractivity contribution in [1.82, 2.24) is 9.88 Å². The Hall–Kier alpha value is -1.82. The van der Waals surface area contributed by atoms with Crippen LogP contribution in [-0.2, 0) is 0 Å². The molecule has 1 aromatic heterocycles. The standard InChI is InChI=1S/C12H19N5O/c1-8-7-17(4-3-16(8)2)12-10(11(14)18)5-9(13)6-15-12/h5-6,8H,3-4,7,13H2,1-2H3,(H2,14,18). The van der Waals surface area contributed by atoms with Crippen molar-refractivity contribution in [3.05, 3.63) is 17.8 Å². The monoisotopic (exact) mass is 249 g/mol. The Morgan fingerprint density at radius 2 is 2.22 bits per heavy atom. The fourth-order valence-corrected chi connectivity index (χ4v) is 2.15. The van der Waals surface area contributed by atoms with E-state index in [4.69, 9.17) is 11.5 Å². The number of hydrogen-bond donors (Lipinski definition) is 2. The highest BCUT2D eigenvalue weighted by molar-refractivity contribution is 5.98. The summed E-state index contributed by atoms with van der Waals surface area (Å²) >= 11 is 0. The van der Waals surface area contributed by atoms with Crippen molar-refractivity contribution < 1.29 is 4.79 Å². The second-order valence-corrected chi connectivity index (χ2v) is 4.78. The zero-order valence-corrected chi connectivity index (χ0v) is 10.8. The number of nitrogen functional groups attached to an aromatic ring is 1. The van der Waals surface area contributed by atoms with Crippen LogP contribution in [0, 0.1) is 0 Å². The molecule has 0 saturated carbocycles. The molecular formula is C12H19N5O. The number of rotatable bonds is 2. The quantitative estimate of drug-likeness (QED) is 0.764. The Bertz CT molecular complexity index is 462. The Morgan fingerprint density at radius 1 is 1.50 bits per heavy atom. The van der Waals surface area contributed by atoms with Gasteiger partial charge in [-0.2, -0.15) is 0 Å². The molecule has 98 valence electrons. The van der Waals surface area contributed by atoms with Gasteiger partial charge in [0.2, 0.25) is 0 Å². The summed E-state index contributed by atoms with van der Waals surface area (Å²) in [6.07, 6.45) is 1.56. The molecule has 6 heteroatoms. The molecule has 1 aliphatic rings. The summed E-state index contributed by atoms with van der Waals surface area (Å²) in [6.45, 7) is 4.74. The Morgan fingerprint density at radius 3 is 2.83 bits per heavy atom. The highest BCUT2D eigenvalue weighted by Gasteiger charge is 2.24. The number of primary amides is 1. The summed E-state index contributed by atoms with van der Waals surface area (Å²) in [5, 5.41) is 0. The number of carbonyl (C=O) groups is 1. The highest BCUT2D eigenvalue weighted by Crippen LogP contribution is 2.22. The number of nitrogens with zero attached hydrogens (tertiary/aromatic N) is 3. The zero-order chi connectivity index (χ0) is 13.3. The third kappa shape index (κ3) is 2.38. The summed E-state index contributed by atoms with van der Waals surface area (Å²) in [5.41, 5.74) is 11.9. The van der Waals surface area contributed by atoms with Gasteiger partial charge in [0.15, 0.2) is 0 Å². The number of carbonyl (C=O) groups excluding carboxylic acids is 1. The van der Waals surface area contributed by atoms with E-state index in [1.807, 2.05) is 0 Å². The first-order valence-corrected chi connectivity index (χ1v) is 5.99. The number of nitrogens with two attached hydrogens (primary N) is 2. The molecule has 1 aromatic rings. The van der Waals surface area contributed by atoms with Crippen molar-refractivity contribution in [2.45, 2.75) is 13.0 Å². The Balaban J connectivity index is 2.30. The van der Waals surface area contributed by atoms with Crippen LogP contribution in [0.2, 0.25) is 0 Å². The van der Waals surface area contributed by atoms with Crippen molar-refractivity contribution in [2.24, 2.45) is 5.73 Å². The summed E-state index contributed by atoms with van der Waals surface area (Å²) in [4.78, 5) is 20.1. The molecule has 18 heavy (non-hydrogen) atoms. The van der Waals surface area contributed by atoms with Gasteiger partial charge >= 0.3 is 0 Å². The molecule has 0 aliphatic carbocycles. The lowest BCUT2D eigenvalue weighted by Crippen LogP contribution is -2.50. The normalized spacial score (nSPS) is 21.0. The van der Waals surface area contributed by atoms with E-state index in [0.717, 1.165) is 19.6 Å². The largest absolute Gasteiger partial charge is 0.397 e. The fraction of sp³-hybridized carbons (Fsp3) is 0.500. The maximum atomic E-state index is 11.5. The van der Waals surface area contributed by atoms with Crippen LogP contribution >= 0.6 is 0 Å². The first-order valence-electron chi connectivity index (χ1n) is 5.99. The van der Waals surface area contributed by atoms with Crippen LogP contribution in [-0.4, -0.2) is 48.5 Å². The topological polar surface area (TPSA) is 88.5 Å². The average molecular weight is 249 g/mol. The second kappa shape index (κ2) is 4.81. The van der Waals surface area contributed by atoms with Gasteiger partial charge in [0.1, 0.15) is 5.82 Å². The lowest BCUT2D eigenvalue weighted by atomic mass is 10.1. The molecule has 1 fully saturated rings. The highest BCUT2D eigenvalue weighted by atomic mass is 16.1. The summed E-state index contributed by atoms with van der Waals surface area (Å²) in [5.74, 6) is 0.146. The number of piperazine rings is 1. The van der Waals surface area contributed by atoms with Crippen LogP contribution in [0.15, 0.2) is 12.3 Å². The van der Waals surface area contributed by atoms with Gasteiger partial charge in [0.05, 0.1) is 17.4 Å². The first-order chi connectivity index (χ1) is 8.49. The molecule has 1 amide bonds. The van der Waals surface area contributed by atoms with Crippen molar-refractivity contribution in [2.75, 3.05) is 37.3 Å². The van der Waals surface area contributed by atoms with Gasteiger partial charge in [-0.05, 0) is 20.0 Å². The van der Waals surface area contributed by atoms with Crippen molar-refractivity contribution in [3.8, 4) is 0 Å². The number of pyridine rings is 1. The predicted molar refractivity (Wildman–Crippen MR) is 71.5 cm³/mol. The van der Waals surface area contributed by atoms with Gasteiger partial charge in [-0.15, -0.1) is 0 Å². The number of hydrogen-bond acceptors (Lipinski definition) is 5. The Kier molecular flexibility index (Phi) is 3.38. The van der Waals surface area contributed by atoms with E-state index in [9.17, 15) is 4.79 Å². The number of aromatic nitrogens is 1. The number of amides is 1. The number of likely N-dealkylation sites (N-methyl/N-ethyl adjacent to an activating group) is 1. The maximum absolute atomic E-state index is 11.5. The number of anilines is 2. The van der Waals surface area contributed by atoms with E-state index in [-0.39, 0.29) is 0 Å². The molecule has 0 radical (unpaired) electrons. The molecule has 1 atom stereocenters. The van der Waals surface area contributed by atoms with E-state index < -0.39 is 5.91 Å². The van der Waals surface area contributed by atoms with Gasteiger partial charge in [-0.1, -0.05) is 0 Å². The van der Waals surface area contributed by atoms with Crippen LogP contribution < -0.4 is 16.4 Å². The molecular weight excluding hydrogens is 230 g/mol. The molecule has 4 N–H and O–H groups in total. The average Bonchev–Trinajstić information content (AvgIpc) is 2.32. The lowest BCUT2D eigenvalue weighted by molar-refractivity contribution is 0.1000. The predicted octanol–water partition coefficient (Wildman–Crippen LogP) is -0.0970. The molecule has 6 nitrogen and oxygen atoms in total. The lowest BCUT2D eigenvalue weighted by Gasteiger charge is -2.38. The van der Waals surface area contributed by atoms with Crippen LogP contribution in [0.4, 0.5) is 11.5 Å². The SMILES string of the molecule is CC1CN(c2ncc(N)cc2C(N)=O)CCN1C. The fourth-order valence-electron chi connectivity index (χ4n) is 2.15. The smallest absolute Gasteiger partial charge is 0.252 e. The zero-order valence-electron chi connectivity index (χ0n) is 10.8. The second-order valence-electron chi connectivity index (χ2n) is 4.78. The van der Waals surface area contributed by atoms with Crippen molar-refractivity contribution in [1.29, 1.82) is 0 Å². The molecule has 0 spiro atoms. The van der Waals surface area contributed by atoms with Crippen LogP contribution in [0.1, 0.15) is 17.3 Å². The Labute approximate surface area is 107 Å². The van der Waals surface area contributed by atoms with E-state index in [0.29, 0.717) is 23.1 Å². The van der Waals surface area contributed by atoms with Crippen LogP contribution in [0.5, 0.6) is 0 Å². The minimum absolute atomic E-state index is 0.395. The van der Waals surface area contributed by atoms with Gasteiger partial charge in [0.25, 0.3) is 5.91 Å².